The highest BCUT2D eigenvalue weighted by molar-refractivity contribution is 6.30. The fraction of sp³-hybridized carbons (Fsp3) is 0.593. The average molecular weight is 465 g/mol. The summed E-state index contributed by atoms with van der Waals surface area (Å²) in [5.41, 5.74) is 4.13. The third-order valence-electron chi connectivity index (χ3n) is 8.20. The van der Waals surface area contributed by atoms with E-state index in [1.165, 1.54) is 56.2 Å². The first-order valence-electron chi connectivity index (χ1n) is 12.5. The zero-order valence-corrected chi connectivity index (χ0v) is 20.0. The minimum atomic E-state index is 0.0361. The van der Waals surface area contributed by atoms with Gasteiger partial charge >= 0.3 is 0 Å². The van der Waals surface area contributed by atoms with Gasteiger partial charge in [-0.05, 0) is 80.7 Å². The van der Waals surface area contributed by atoms with E-state index in [9.17, 15) is 5.26 Å². The van der Waals surface area contributed by atoms with Crippen LogP contribution >= 0.6 is 11.6 Å². The molecule has 5 nitrogen and oxygen atoms in total. The first kappa shape index (κ1) is 22.8. The minimum absolute atomic E-state index is 0.0361. The van der Waals surface area contributed by atoms with E-state index in [1.54, 1.807) is 6.20 Å². The number of ether oxygens (including phenoxy) is 1. The van der Waals surface area contributed by atoms with Gasteiger partial charge in [0.1, 0.15) is 11.2 Å². The lowest BCUT2D eigenvalue weighted by Gasteiger charge is -2.46. The van der Waals surface area contributed by atoms with Crippen LogP contribution in [-0.4, -0.2) is 28.7 Å². The normalized spacial score (nSPS) is 24.5. The van der Waals surface area contributed by atoms with Gasteiger partial charge in [-0.15, -0.1) is 0 Å². The lowest BCUT2D eigenvalue weighted by Crippen LogP contribution is -2.47. The molecule has 1 atom stereocenters. The van der Waals surface area contributed by atoms with Crippen LogP contribution in [0.5, 0.6) is 0 Å². The Morgan fingerprint density at radius 3 is 2.67 bits per heavy atom. The Labute approximate surface area is 201 Å². The molecule has 3 heterocycles. The summed E-state index contributed by atoms with van der Waals surface area (Å²) in [6, 6.07) is 8.57. The number of halogens is 1. The third-order valence-corrected chi connectivity index (χ3v) is 8.50. The molecular formula is C27H33ClN4O. The summed E-state index contributed by atoms with van der Waals surface area (Å²) in [6.45, 7) is 2.37. The largest absolute Gasteiger partial charge is 0.375 e. The van der Waals surface area contributed by atoms with Crippen LogP contribution in [-0.2, 0) is 16.7 Å². The second kappa shape index (κ2) is 9.70. The number of rotatable bonds is 7. The Hall–Kier alpha value is -2.00. The van der Waals surface area contributed by atoms with Gasteiger partial charge in [-0.3, -0.25) is 4.98 Å². The predicted octanol–water partition coefficient (Wildman–Crippen LogP) is 5.81. The molecule has 0 aromatic carbocycles. The van der Waals surface area contributed by atoms with Gasteiger partial charge in [0.05, 0.1) is 11.2 Å². The molecule has 0 radical (unpaired) electrons. The fourth-order valence-electron chi connectivity index (χ4n) is 6.05. The second-order valence-corrected chi connectivity index (χ2v) is 10.6. The van der Waals surface area contributed by atoms with Crippen molar-refractivity contribution in [2.45, 2.75) is 87.7 Å². The van der Waals surface area contributed by atoms with Gasteiger partial charge in [0.2, 0.25) is 0 Å². The number of pyridine rings is 2. The Kier molecular flexibility index (Phi) is 6.69. The topological polar surface area (TPSA) is 70.8 Å². The highest BCUT2D eigenvalue weighted by Crippen LogP contribution is 2.50. The molecule has 33 heavy (non-hydrogen) atoms. The summed E-state index contributed by atoms with van der Waals surface area (Å²) < 4.78 is 6.40. The standard InChI is InChI=1S/C27H33ClN4O/c28-25-23(15-29)14-20(17-32-25)16-30-12-10-26(11-13-33-27(19-26)8-1-2-9-27)24-7-6-22(18-31-24)21-4-3-5-21/h6-7,14,17-18,21,30H,1-5,8-13,16,19H2/t26-/m1/s1. The van der Waals surface area contributed by atoms with Crippen molar-refractivity contribution in [2.75, 3.05) is 13.2 Å². The molecule has 0 bridgehead atoms. The van der Waals surface area contributed by atoms with Crippen molar-refractivity contribution in [3.05, 3.63) is 58.1 Å². The maximum absolute atomic E-state index is 9.21. The average Bonchev–Trinajstić information content (AvgIpc) is 3.24. The van der Waals surface area contributed by atoms with Crippen molar-refractivity contribution in [2.24, 2.45) is 0 Å². The molecule has 1 aliphatic heterocycles. The van der Waals surface area contributed by atoms with Gasteiger partial charge in [0.15, 0.2) is 0 Å². The van der Waals surface area contributed by atoms with Gasteiger partial charge < -0.3 is 10.1 Å². The van der Waals surface area contributed by atoms with Crippen LogP contribution in [0.2, 0.25) is 5.15 Å². The minimum Gasteiger partial charge on any atom is -0.375 e. The first-order chi connectivity index (χ1) is 16.1. The zero-order valence-electron chi connectivity index (χ0n) is 19.3. The molecule has 2 aromatic rings. The van der Waals surface area contributed by atoms with Crippen molar-refractivity contribution in [1.82, 2.24) is 15.3 Å². The van der Waals surface area contributed by atoms with E-state index < -0.39 is 0 Å². The SMILES string of the molecule is N#Cc1cc(CNCC[C@@]2(c3ccc(C4CCC4)cn3)CCOC3(CCCC3)C2)cnc1Cl. The maximum atomic E-state index is 9.21. The van der Waals surface area contributed by atoms with Crippen molar-refractivity contribution in [1.29, 1.82) is 5.26 Å². The molecule has 2 saturated carbocycles. The molecule has 3 aliphatic rings. The molecule has 1 N–H and O–H groups in total. The van der Waals surface area contributed by atoms with Crippen molar-refractivity contribution in [3.8, 4) is 6.07 Å². The molecule has 0 unspecified atom stereocenters. The van der Waals surface area contributed by atoms with E-state index >= 15 is 0 Å². The number of nitriles is 1. The van der Waals surface area contributed by atoms with Crippen LogP contribution in [0, 0.1) is 11.3 Å². The predicted molar refractivity (Wildman–Crippen MR) is 129 cm³/mol. The monoisotopic (exact) mass is 464 g/mol. The van der Waals surface area contributed by atoms with Crippen LogP contribution in [0.4, 0.5) is 0 Å². The fourth-order valence-corrected chi connectivity index (χ4v) is 6.19. The van der Waals surface area contributed by atoms with Crippen molar-refractivity contribution >= 4 is 11.6 Å². The summed E-state index contributed by atoms with van der Waals surface area (Å²) in [5.74, 6) is 0.714. The van der Waals surface area contributed by atoms with Gasteiger partial charge in [0.25, 0.3) is 0 Å². The van der Waals surface area contributed by atoms with Crippen LogP contribution < -0.4 is 5.32 Å². The Morgan fingerprint density at radius 1 is 1.12 bits per heavy atom. The number of nitrogens with one attached hydrogen (secondary N) is 1. The quantitative estimate of drug-likeness (QED) is 0.413. The number of nitrogens with zero attached hydrogens (tertiary/aromatic N) is 3. The van der Waals surface area contributed by atoms with Crippen molar-refractivity contribution in [3.63, 3.8) is 0 Å². The summed E-state index contributed by atoms with van der Waals surface area (Å²) in [7, 11) is 0. The van der Waals surface area contributed by atoms with Gasteiger partial charge in [-0.1, -0.05) is 36.9 Å². The third kappa shape index (κ3) is 4.80. The number of hydrogen-bond acceptors (Lipinski definition) is 5. The van der Waals surface area contributed by atoms with Crippen LogP contribution in [0.15, 0.2) is 30.6 Å². The Bertz CT molecular complexity index is 1010. The molecule has 5 rings (SSSR count). The smallest absolute Gasteiger partial charge is 0.146 e. The molecule has 6 heteroatoms. The van der Waals surface area contributed by atoms with Gasteiger partial charge in [0, 0.05) is 36.7 Å². The van der Waals surface area contributed by atoms with E-state index in [0.717, 1.165) is 38.0 Å². The summed E-state index contributed by atoms with van der Waals surface area (Å²) >= 11 is 5.98. The van der Waals surface area contributed by atoms with E-state index in [0.29, 0.717) is 18.0 Å². The lowest BCUT2D eigenvalue weighted by molar-refractivity contribution is -0.104. The van der Waals surface area contributed by atoms with E-state index in [1.807, 2.05) is 6.07 Å². The Balaban J connectivity index is 1.30. The lowest BCUT2D eigenvalue weighted by atomic mass is 9.67. The molecule has 2 aromatic heterocycles. The molecule has 2 aliphatic carbocycles. The summed E-state index contributed by atoms with van der Waals surface area (Å²) in [4.78, 5) is 9.20. The molecule has 3 fully saturated rings. The van der Waals surface area contributed by atoms with Gasteiger partial charge in [-0.2, -0.15) is 5.26 Å². The highest BCUT2D eigenvalue weighted by atomic mass is 35.5. The first-order valence-corrected chi connectivity index (χ1v) is 12.8. The zero-order chi connectivity index (χ0) is 22.7. The summed E-state index contributed by atoms with van der Waals surface area (Å²) in [6.07, 6.45) is 15.9. The van der Waals surface area contributed by atoms with Crippen LogP contribution in [0.1, 0.15) is 92.5 Å². The molecule has 0 amide bonds. The number of hydrogen-bond donors (Lipinski definition) is 1. The Morgan fingerprint density at radius 2 is 1.97 bits per heavy atom. The van der Waals surface area contributed by atoms with Crippen molar-refractivity contribution < 1.29 is 4.74 Å². The molecule has 1 spiro atoms. The van der Waals surface area contributed by atoms with Crippen LogP contribution in [0.3, 0.4) is 0 Å². The highest BCUT2D eigenvalue weighted by Gasteiger charge is 2.48. The molecule has 174 valence electrons. The molecular weight excluding hydrogens is 432 g/mol. The second-order valence-electron chi connectivity index (χ2n) is 10.3. The van der Waals surface area contributed by atoms with E-state index in [-0.39, 0.29) is 16.2 Å². The molecule has 1 saturated heterocycles. The van der Waals surface area contributed by atoms with E-state index in [4.69, 9.17) is 21.3 Å². The number of aromatic nitrogens is 2. The van der Waals surface area contributed by atoms with Crippen LogP contribution in [0.25, 0.3) is 0 Å². The van der Waals surface area contributed by atoms with E-state index in [2.05, 4.69) is 34.7 Å². The van der Waals surface area contributed by atoms with Gasteiger partial charge in [-0.25, -0.2) is 4.98 Å². The maximum Gasteiger partial charge on any atom is 0.146 e. The summed E-state index contributed by atoms with van der Waals surface area (Å²) in [5, 5.41) is 13.0.